The van der Waals surface area contributed by atoms with Gasteiger partial charge in [0.15, 0.2) is 0 Å². The summed E-state index contributed by atoms with van der Waals surface area (Å²) in [7, 11) is 1.68. The highest BCUT2D eigenvalue weighted by Gasteiger charge is 2.19. The molecule has 0 bridgehead atoms. The second kappa shape index (κ2) is 11.0. The van der Waals surface area contributed by atoms with E-state index in [1.165, 1.54) is 25.7 Å². The van der Waals surface area contributed by atoms with Crippen molar-refractivity contribution >= 4 is 0 Å². The highest BCUT2D eigenvalue weighted by Crippen LogP contribution is 2.33. The lowest BCUT2D eigenvalue weighted by atomic mass is 10.2. The minimum atomic E-state index is 0.652. The second-order valence-electron chi connectivity index (χ2n) is 4.55. The zero-order valence-electron chi connectivity index (χ0n) is 11.1. The molecule has 1 saturated carbocycles. The van der Waals surface area contributed by atoms with Crippen molar-refractivity contribution in [3.63, 3.8) is 0 Å². The maximum atomic E-state index is 5.43. The zero-order valence-corrected chi connectivity index (χ0v) is 11.1. The van der Waals surface area contributed by atoms with Crippen LogP contribution in [0.25, 0.3) is 0 Å². The summed E-state index contributed by atoms with van der Waals surface area (Å²) in [6, 6.07) is 0. The molecule has 0 atom stereocenters. The van der Waals surface area contributed by atoms with E-state index in [0.29, 0.717) is 26.4 Å². The number of ether oxygens (including phenoxy) is 3. The first kappa shape index (κ1) is 14.9. The van der Waals surface area contributed by atoms with Gasteiger partial charge in [-0.25, -0.2) is 0 Å². The van der Waals surface area contributed by atoms with E-state index >= 15 is 0 Å². The minimum absolute atomic E-state index is 0.652. The molecule has 0 aliphatic heterocycles. The van der Waals surface area contributed by atoms with Crippen molar-refractivity contribution in [1.82, 2.24) is 5.32 Å². The molecule has 1 rings (SSSR count). The van der Waals surface area contributed by atoms with Gasteiger partial charge in [0.1, 0.15) is 0 Å². The molecule has 1 N–H and O–H groups in total. The molecule has 0 amide bonds. The number of nitrogens with one attached hydrogen (secondary N) is 1. The fraction of sp³-hybridized carbons (Fsp3) is 1.00. The van der Waals surface area contributed by atoms with Gasteiger partial charge in [0.05, 0.1) is 33.0 Å². The van der Waals surface area contributed by atoms with Crippen LogP contribution in [0.4, 0.5) is 0 Å². The van der Waals surface area contributed by atoms with Gasteiger partial charge in [0, 0.05) is 13.7 Å². The summed E-state index contributed by atoms with van der Waals surface area (Å²) in [5, 5.41) is 3.39. The van der Waals surface area contributed by atoms with Gasteiger partial charge in [0.2, 0.25) is 0 Å². The number of methoxy groups -OCH3 is 1. The summed E-state index contributed by atoms with van der Waals surface area (Å²) in [6.45, 7) is 5.49. The highest BCUT2D eigenvalue weighted by molar-refractivity contribution is 4.72. The molecule has 17 heavy (non-hydrogen) atoms. The molecule has 1 aliphatic carbocycles. The summed E-state index contributed by atoms with van der Waals surface area (Å²) in [4.78, 5) is 0. The van der Waals surface area contributed by atoms with Gasteiger partial charge in [-0.3, -0.25) is 0 Å². The van der Waals surface area contributed by atoms with Crippen molar-refractivity contribution < 1.29 is 14.2 Å². The molecule has 1 fully saturated rings. The van der Waals surface area contributed by atoms with Gasteiger partial charge in [-0.1, -0.05) is 12.8 Å². The minimum Gasteiger partial charge on any atom is -0.382 e. The van der Waals surface area contributed by atoms with Crippen LogP contribution in [-0.4, -0.2) is 53.2 Å². The predicted octanol–water partition coefficient (Wildman–Crippen LogP) is 1.45. The van der Waals surface area contributed by atoms with Crippen molar-refractivity contribution in [2.24, 2.45) is 5.92 Å². The van der Waals surface area contributed by atoms with E-state index in [9.17, 15) is 0 Å². The molecule has 0 radical (unpaired) electrons. The SMILES string of the molecule is COCCOCCOCCNCCCC1CC1. The molecule has 102 valence electrons. The smallest absolute Gasteiger partial charge is 0.0701 e. The normalized spacial score (nSPS) is 15.4. The Kier molecular flexibility index (Phi) is 9.61. The average molecular weight is 245 g/mol. The van der Waals surface area contributed by atoms with Crippen LogP contribution in [0.1, 0.15) is 25.7 Å². The first-order valence-electron chi connectivity index (χ1n) is 6.78. The third-order valence-corrected chi connectivity index (χ3v) is 2.89. The lowest BCUT2D eigenvalue weighted by molar-refractivity contribution is 0.0256. The van der Waals surface area contributed by atoms with Gasteiger partial charge in [0.25, 0.3) is 0 Å². The van der Waals surface area contributed by atoms with Crippen LogP contribution >= 0.6 is 0 Å². The van der Waals surface area contributed by atoms with Crippen molar-refractivity contribution in [2.75, 3.05) is 53.2 Å². The molecule has 4 heteroatoms. The summed E-state index contributed by atoms with van der Waals surface area (Å²) in [5.74, 6) is 1.05. The third kappa shape index (κ3) is 10.7. The molecule has 1 aliphatic rings. The average Bonchev–Trinajstić information content (AvgIpc) is 3.15. The summed E-state index contributed by atoms with van der Waals surface area (Å²) in [5.41, 5.74) is 0. The highest BCUT2D eigenvalue weighted by atomic mass is 16.5. The molecule has 0 unspecified atom stereocenters. The monoisotopic (exact) mass is 245 g/mol. The van der Waals surface area contributed by atoms with Crippen LogP contribution in [0.5, 0.6) is 0 Å². The Labute approximate surface area is 105 Å². The molecule has 0 aromatic heterocycles. The Hall–Kier alpha value is -0.160. The Morgan fingerprint density at radius 2 is 1.65 bits per heavy atom. The van der Waals surface area contributed by atoms with Gasteiger partial charge in [-0.05, 0) is 25.3 Å². The number of hydrogen-bond donors (Lipinski definition) is 1. The standard InChI is InChI=1S/C13H27NO3/c1-15-9-10-17-12-11-16-8-7-14-6-2-3-13-4-5-13/h13-14H,2-12H2,1H3. The molecule has 4 nitrogen and oxygen atoms in total. The van der Waals surface area contributed by atoms with Crippen LogP contribution in [0.2, 0.25) is 0 Å². The van der Waals surface area contributed by atoms with E-state index in [1.54, 1.807) is 7.11 Å². The molecule has 0 heterocycles. The summed E-state index contributed by atoms with van der Waals surface area (Å²) in [6.07, 6.45) is 5.64. The quantitative estimate of drug-likeness (QED) is 0.499. The van der Waals surface area contributed by atoms with Gasteiger partial charge < -0.3 is 19.5 Å². The maximum Gasteiger partial charge on any atom is 0.0701 e. The first-order chi connectivity index (χ1) is 8.43. The van der Waals surface area contributed by atoms with E-state index in [4.69, 9.17) is 14.2 Å². The lowest BCUT2D eigenvalue weighted by Gasteiger charge is -2.06. The summed E-state index contributed by atoms with van der Waals surface area (Å²) < 4.78 is 15.6. The van der Waals surface area contributed by atoms with Crippen LogP contribution in [0.15, 0.2) is 0 Å². The van der Waals surface area contributed by atoms with Crippen molar-refractivity contribution in [2.45, 2.75) is 25.7 Å². The second-order valence-corrected chi connectivity index (χ2v) is 4.55. The fourth-order valence-corrected chi connectivity index (χ4v) is 1.66. The van der Waals surface area contributed by atoms with E-state index in [1.807, 2.05) is 0 Å². The zero-order chi connectivity index (χ0) is 12.2. The van der Waals surface area contributed by atoms with E-state index in [2.05, 4.69) is 5.32 Å². The molecule has 0 aromatic carbocycles. The Balaban J connectivity index is 1.61. The Bertz CT molecular complexity index is 163. The fourth-order valence-electron chi connectivity index (χ4n) is 1.66. The van der Waals surface area contributed by atoms with Crippen molar-refractivity contribution in [3.05, 3.63) is 0 Å². The predicted molar refractivity (Wildman–Crippen MR) is 68.3 cm³/mol. The largest absolute Gasteiger partial charge is 0.382 e. The molecule has 0 aromatic rings. The van der Waals surface area contributed by atoms with Crippen LogP contribution in [0.3, 0.4) is 0 Å². The van der Waals surface area contributed by atoms with E-state index < -0.39 is 0 Å². The first-order valence-corrected chi connectivity index (χ1v) is 6.78. The maximum absolute atomic E-state index is 5.43. The summed E-state index contributed by atoms with van der Waals surface area (Å²) >= 11 is 0. The molecule has 0 spiro atoms. The number of rotatable bonds is 13. The van der Waals surface area contributed by atoms with E-state index in [0.717, 1.165) is 25.6 Å². The van der Waals surface area contributed by atoms with Gasteiger partial charge in [-0.15, -0.1) is 0 Å². The Morgan fingerprint density at radius 3 is 2.35 bits per heavy atom. The number of hydrogen-bond acceptors (Lipinski definition) is 4. The van der Waals surface area contributed by atoms with Crippen LogP contribution in [-0.2, 0) is 14.2 Å². The molecule has 0 saturated heterocycles. The van der Waals surface area contributed by atoms with Crippen molar-refractivity contribution in [1.29, 1.82) is 0 Å². The van der Waals surface area contributed by atoms with Gasteiger partial charge >= 0.3 is 0 Å². The van der Waals surface area contributed by atoms with Crippen molar-refractivity contribution in [3.8, 4) is 0 Å². The van der Waals surface area contributed by atoms with Gasteiger partial charge in [-0.2, -0.15) is 0 Å². The van der Waals surface area contributed by atoms with E-state index in [-0.39, 0.29) is 0 Å². The molecular formula is C13H27NO3. The van der Waals surface area contributed by atoms with Crippen LogP contribution < -0.4 is 5.32 Å². The topological polar surface area (TPSA) is 39.7 Å². The van der Waals surface area contributed by atoms with Crippen LogP contribution in [0, 0.1) is 5.92 Å². The molecular weight excluding hydrogens is 218 g/mol. The Morgan fingerprint density at radius 1 is 0.941 bits per heavy atom. The third-order valence-electron chi connectivity index (χ3n) is 2.89. The lowest BCUT2D eigenvalue weighted by Crippen LogP contribution is -2.22.